The van der Waals surface area contributed by atoms with Crippen molar-refractivity contribution in [3.63, 3.8) is 0 Å². The first-order valence-corrected chi connectivity index (χ1v) is 5.33. The minimum Gasteiger partial charge on any atom is -0.397 e. The molecule has 2 rings (SSSR count). The topological polar surface area (TPSA) is 61.8 Å². The number of hydrogen-bond acceptors (Lipinski definition) is 3. The summed E-state index contributed by atoms with van der Waals surface area (Å²) in [5.41, 5.74) is 8.02. The van der Waals surface area contributed by atoms with Gasteiger partial charge in [-0.05, 0) is 30.5 Å². The maximum atomic E-state index is 8.68. The van der Waals surface area contributed by atoms with Gasteiger partial charge in [0.25, 0.3) is 0 Å². The molecule has 0 saturated heterocycles. The molecule has 0 unspecified atom stereocenters. The van der Waals surface area contributed by atoms with E-state index in [2.05, 4.69) is 11.4 Å². The Bertz CT molecular complexity index is 388. The highest BCUT2D eigenvalue weighted by molar-refractivity contribution is 5.68. The van der Waals surface area contributed by atoms with Crippen molar-refractivity contribution in [2.45, 2.75) is 19.3 Å². The lowest BCUT2D eigenvalue weighted by atomic mass is 10.2. The second-order valence-corrected chi connectivity index (χ2v) is 4.07. The molecular weight excluding hydrogens is 186 g/mol. The van der Waals surface area contributed by atoms with Gasteiger partial charge in [-0.15, -0.1) is 0 Å². The summed E-state index contributed by atoms with van der Waals surface area (Å²) in [5, 5.41) is 12.0. The number of benzene rings is 1. The predicted octanol–water partition coefficient (Wildman–Crippen LogP) is 2.35. The molecule has 1 aliphatic rings. The molecule has 1 aliphatic carbocycles. The molecule has 0 bridgehead atoms. The monoisotopic (exact) mass is 201 g/mol. The van der Waals surface area contributed by atoms with Gasteiger partial charge in [0.05, 0.1) is 23.0 Å². The molecule has 0 heterocycles. The average molecular weight is 201 g/mol. The standard InChI is InChI=1S/C12H15N3/c13-8-10-3-4-12(11(14)7-10)15-6-5-9-1-2-9/h3-4,7,9,15H,1-2,5-6,14H2. The van der Waals surface area contributed by atoms with Crippen LogP contribution in [0.4, 0.5) is 11.4 Å². The lowest BCUT2D eigenvalue weighted by Gasteiger charge is -2.08. The Morgan fingerprint density at radius 1 is 1.47 bits per heavy atom. The average Bonchev–Trinajstić information content (AvgIpc) is 3.04. The van der Waals surface area contributed by atoms with E-state index in [1.165, 1.54) is 19.3 Å². The van der Waals surface area contributed by atoms with E-state index in [0.29, 0.717) is 11.3 Å². The van der Waals surface area contributed by atoms with Gasteiger partial charge in [-0.3, -0.25) is 0 Å². The van der Waals surface area contributed by atoms with E-state index in [1.54, 1.807) is 12.1 Å². The van der Waals surface area contributed by atoms with Crippen LogP contribution in [-0.4, -0.2) is 6.54 Å². The van der Waals surface area contributed by atoms with Crippen LogP contribution >= 0.6 is 0 Å². The Kier molecular flexibility index (Phi) is 2.77. The summed E-state index contributed by atoms with van der Waals surface area (Å²) in [4.78, 5) is 0. The fraction of sp³-hybridized carbons (Fsp3) is 0.417. The summed E-state index contributed by atoms with van der Waals surface area (Å²) >= 11 is 0. The summed E-state index contributed by atoms with van der Waals surface area (Å²) in [5.74, 6) is 0.928. The third-order valence-corrected chi connectivity index (χ3v) is 2.75. The molecule has 1 aromatic rings. The molecule has 1 saturated carbocycles. The second kappa shape index (κ2) is 4.22. The van der Waals surface area contributed by atoms with Gasteiger partial charge in [0.1, 0.15) is 0 Å². The van der Waals surface area contributed by atoms with Crippen LogP contribution in [-0.2, 0) is 0 Å². The molecule has 1 aromatic carbocycles. The number of nitrogen functional groups attached to an aromatic ring is 1. The summed E-state index contributed by atoms with van der Waals surface area (Å²) in [6, 6.07) is 7.44. The first kappa shape index (κ1) is 9.85. The van der Waals surface area contributed by atoms with Gasteiger partial charge in [-0.25, -0.2) is 0 Å². The first-order chi connectivity index (χ1) is 7.29. The first-order valence-electron chi connectivity index (χ1n) is 5.33. The molecule has 0 radical (unpaired) electrons. The Morgan fingerprint density at radius 2 is 2.27 bits per heavy atom. The highest BCUT2D eigenvalue weighted by Crippen LogP contribution is 2.32. The van der Waals surface area contributed by atoms with Crippen LogP contribution in [0.25, 0.3) is 0 Å². The summed E-state index contributed by atoms with van der Waals surface area (Å²) in [6.45, 7) is 0.973. The fourth-order valence-electron chi connectivity index (χ4n) is 1.61. The maximum Gasteiger partial charge on any atom is 0.0992 e. The smallest absolute Gasteiger partial charge is 0.0992 e. The van der Waals surface area contributed by atoms with Crippen LogP contribution in [0.15, 0.2) is 18.2 Å². The molecule has 1 fully saturated rings. The van der Waals surface area contributed by atoms with E-state index >= 15 is 0 Å². The minimum atomic E-state index is 0.611. The zero-order chi connectivity index (χ0) is 10.7. The van der Waals surface area contributed by atoms with E-state index in [4.69, 9.17) is 11.0 Å². The van der Waals surface area contributed by atoms with Crippen LogP contribution < -0.4 is 11.1 Å². The van der Waals surface area contributed by atoms with Gasteiger partial charge >= 0.3 is 0 Å². The Hall–Kier alpha value is -1.69. The number of rotatable bonds is 4. The van der Waals surface area contributed by atoms with Crippen molar-refractivity contribution >= 4 is 11.4 Å². The summed E-state index contributed by atoms with van der Waals surface area (Å²) < 4.78 is 0. The van der Waals surface area contributed by atoms with Gasteiger partial charge in [0.2, 0.25) is 0 Å². The van der Waals surface area contributed by atoms with Crippen molar-refractivity contribution in [3.05, 3.63) is 23.8 Å². The van der Waals surface area contributed by atoms with Gasteiger partial charge in [-0.1, -0.05) is 12.8 Å². The lowest BCUT2D eigenvalue weighted by Crippen LogP contribution is -2.04. The Balaban J connectivity index is 1.92. The SMILES string of the molecule is N#Cc1ccc(NCCC2CC2)c(N)c1. The highest BCUT2D eigenvalue weighted by Gasteiger charge is 2.20. The molecule has 0 aromatic heterocycles. The fourth-order valence-corrected chi connectivity index (χ4v) is 1.61. The molecule has 3 nitrogen and oxygen atoms in total. The van der Waals surface area contributed by atoms with Crippen molar-refractivity contribution in [3.8, 4) is 6.07 Å². The molecule has 0 aliphatic heterocycles. The summed E-state index contributed by atoms with van der Waals surface area (Å²) in [6.07, 6.45) is 3.98. The zero-order valence-corrected chi connectivity index (χ0v) is 8.66. The Labute approximate surface area is 89.9 Å². The molecule has 0 spiro atoms. The second-order valence-electron chi connectivity index (χ2n) is 4.07. The highest BCUT2D eigenvalue weighted by atomic mass is 14.9. The van der Waals surface area contributed by atoms with Crippen LogP contribution in [0.3, 0.4) is 0 Å². The quantitative estimate of drug-likeness (QED) is 0.735. The molecule has 15 heavy (non-hydrogen) atoms. The van der Waals surface area contributed by atoms with Crippen molar-refractivity contribution in [2.75, 3.05) is 17.6 Å². The number of nitrogens with zero attached hydrogens (tertiary/aromatic N) is 1. The molecule has 0 atom stereocenters. The van der Waals surface area contributed by atoms with Crippen molar-refractivity contribution in [1.29, 1.82) is 5.26 Å². The molecule has 0 amide bonds. The summed E-state index contributed by atoms with van der Waals surface area (Å²) in [7, 11) is 0. The van der Waals surface area contributed by atoms with Crippen molar-refractivity contribution in [2.24, 2.45) is 5.92 Å². The van der Waals surface area contributed by atoms with Crippen molar-refractivity contribution in [1.82, 2.24) is 0 Å². The molecular formula is C12H15N3. The van der Waals surface area contributed by atoms with Crippen molar-refractivity contribution < 1.29 is 0 Å². The number of nitrogens with one attached hydrogen (secondary N) is 1. The van der Waals surface area contributed by atoms with Gasteiger partial charge < -0.3 is 11.1 Å². The third kappa shape index (κ3) is 2.63. The third-order valence-electron chi connectivity index (χ3n) is 2.75. The van der Waals surface area contributed by atoms with Crippen LogP contribution in [0.1, 0.15) is 24.8 Å². The molecule has 3 N–H and O–H groups in total. The molecule has 78 valence electrons. The van der Waals surface area contributed by atoms with E-state index in [0.717, 1.165) is 18.2 Å². The van der Waals surface area contributed by atoms with E-state index < -0.39 is 0 Å². The lowest BCUT2D eigenvalue weighted by molar-refractivity contribution is 0.760. The number of nitrogens with two attached hydrogens (primary N) is 1. The van der Waals surface area contributed by atoms with Crippen LogP contribution in [0.2, 0.25) is 0 Å². The van der Waals surface area contributed by atoms with E-state index in [1.807, 2.05) is 6.07 Å². The predicted molar refractivity (Wildman–Crippen MR) is 61.4 cm³/mol. The normalized spacial score (nSPS) is 14.6. The molecule has 3 heteroatoms. The largest absolute Gasteiger partial charge is 0.397 e. The zero-order valence-electron chi connectivity index (χ0n) is 8.66. The van der Waals surface area contributed by atoms with Gasteiger partial charge in [0, 0.05) is 6.54 Å². The number of hydrogen-bond donors (Lipinski definition) is 2. The van der Waals surface area contributed by atoms with Crippen LogP contribution in [0, 0.1) is 17.2 Å². The number of nitriles is 1. The minimum absolute atomic E-state index is 0.611. The van der Waals surface area contributed by atoms with E-state index in [-0.39, 0.29) is 0 Å². The number of anilines is 2. The van der Waals surface area contributed by atoms with Gasteiger partial charge in [0.15, 0.2) is 0 Å². The van der Waals surface area contributed by atoms with E-state index in [9.17, 15) is 0 Å². The maximum absolute atomic E-state index is 8.68. The Morgan fingerprint density at radius 3 is 2.87 bits per heavy atom. The van der Waals surface area contributed by atoms with Gasteiger partial charge in [-0.2, -0.15) is 5.26 Å². The van der Waals surface area contributed by atoms with Crippen LogP contribution in [0.5, 0.6) is 0 Å².